The zero-order chi connectivity index (χ0) is 14.9. The van der Waals surface area contributed by atoms with Gasteiger partial charge in [0.25, 0.3) is 15.7 Å². The van der Waals surface area contributed by atoms with Crippen molar-refractivity contribution in [3.63, 3.8) is 0 Å². The van der Waals surface area contributed by atoms with Gasteiger partial charge in [-0.1, -0.05) is 6.08 Å². The first-order valence-electron chi connectivity index (χ1n) is 5.76. The van der Waals surface area contributed by atoms with Crippen LogP contribution in [-0.2, 0) is 19.0 Å². The minimum Gasteiger partial charge on any atom is -0.344 e. The number of H-pyrrole nitrogens is 1. The maximum atomic E-state index is 11.7. The molecule has 0 bridgehead atoms. The molecule has 20 heavy (non-hydrogen) atoms. The molecule has 0 unspecified atom stereocenters. The third-order valence-electron chi connectivity index (χ3n) is 2.67. The van der Waals surface area contributed by atoms with Gasteiger partial charge < -0.3 is 4.74 Å². The van der Waals surface area contributed by atoms with Crippen molar-refractivity contribution in [2.24, 2.45) is 0 Å². The van der Waals surface area contributed by atoms with Crippen LogP contribution in [0.1, 0.15) is 11.8 Å². The van der Waals surface area contributed by atoms with Gasteiger partial charge in [0.15, 0.2) is 6.23 Å². The summed E-state index contributed by atoms with van der Waals surface area (Å²) in [4.78, 5) is 25.1. The Morgan fingerprint density at radius 3 is 2.75 bits per heavy atom. The van der Waals surface area contributed by atoms with Crippen molar-refractivity contribution < 1.29 is 17.3 Å². The van der Waals surface area contributed by atoms with Crippen LogP contribution in [0, 0.1) is 6.92 Å². The average molecular weight is 302 g/mol. The number of ether oxygens (including phenoxy) is 1. The number of rotatable bonds is 4. The van der Waals surface area contributed by atoms with Gasteiger partial charge in [0.1, 0.15) is 6.10 Å². The third kappa shape index (κ3) is 3.44. The Labute approximate surface area is 114 Å². The molecule has 0 aliphatic carbocycles. The quantitative estimate of drug-likeness (QED) is 0.580. The molecular formula is C11H14N2O6S. The summed E-state index contributed by atoms with van der Waals surface area (Å²) in [6.07, 6.45) is 4.24. The molecule has 0 fully saturated rings. The second kappa shape index (κ2) is 5.35. The molecule has 0 amide bonds. The number of aromatic amines is 1. The van der Waals surface area contributed by atoms with Crippen LogP contribution in [0.4, 0.5) is 0 Å². The summed E-state index contributed by atoms with van der Waals surface area (Å²) in [5, 5.41) is 0. The first-order chi connectivity index (χ1) is 9.26. The lowest BCUT2D eigenvalue weighted by Gasteiger charge is -2.16. The van der Waals surface area contributed by atoms with E-state index in [1.54, 1.807) is 19.1 Å². The normalized spacial score (nSPS) is 22.3. The first-order valence-corrected chi connectivity index (χ1v) is 7.58. The highest BCUT2D eigenvalue weighted by Crippen LogP contribution is 2.19. The minimum absolute atomic E-state index is 0.164. The third-order valence-corrected chi connectivity index (χ3v) is 3.24. The van der Waals surface area contributed by atoms with E-state index in [2.05, 4.69) is 9.17 Å². The van der Waals surface area contributed by atoms with Gasteiger partial charge in [-0.15, -0.1) is 0 Å². The molecule has 0 saturated carbocycles. The Morgan fingerprint density at radius 2 is 2.10 bits per heavy atom. The van der Waals surface area contributed by atoms with Gasteiger partial charge in [-0.2, -0.15) is 8.42 Å². The zero-order valence-electron chi connectivity index (χ0n) is 10.9. The maximum Gasteiger partial charge on any atom is 0.330 e. The SMILES string of the molecule is Cc1cn([C@H]2C=C[C@@H](COS(C)(=O)=O)O2)c(=O)[nH]c1=O. The molecule has 1 aliphatic rings. The summed E-state index contributed by atoms with van der Waals surface area (Å²) in [6.45, 7) is 1.40. The molecule has 2 atom stereocenters. The maximum absolute atomic E-state index is 11.7. The van der Waals surface area contributed by atoms with Gasteiger partial charge in [0.2, 0.25) is 0 Å². The molecule has 0 radical (unpaired) electrons. The largest absolute Gasteiger partial charge is 0.344 e. The molecular weight excluding hydrogens is 288 g/mol. The number of nitrogens with one attached hydrogen (secondary N) is 1. The molecule has 2 rings (SSSR count). The molecule has 1 N–H and O–H groups in total. The fourth-order valence-corrected chi connectivity index (χ4v) is 2.09. The minimum atomic E-state index is -3.54. The molecule has 2 heterocycles. The molecule has 9 heteroatoms. The number of aryl methyl sites for hydroxylation is 1. The van der Waals surface area contributed by atoms with Crippen LogP contribution in [0.5, 0.6) is 0 Å². The van der Waals surface area contributed by atoms with Crippen molar-refractivity contribution in [3.8, 4) is 0 Å². The summed E-state index contributed by atoms with van der Waals surface area (Å²) in [5.74, 6) is 0. The second-order valence-corrected chi connectivity index (χ2v) is 6.06. The number of aromatic nitrogens is 2. The molecule has 1 aromatic rings. The lowest BCUT2D eigenvalue weighted by molar-refractivity contribution is -0.00428. The molecule has 0 aromatic carbocycles. The molecule has 0 saturated heterocycles. The average Bonchev–Trinajstić information content (AvgIpc) is 2.79. The van der Waals surface area contributed by atoms with E-state index in [-0.39, 0.29) is 6.61 Å². The summed E-state index contributed by atoms with van der Waals surface area (Å²) < 4.78 is 33.1. The van der Waals surface area contributed by atoms with Gasteiger partial charge in [-0.05, 0) is 13.0 Å². The van der Waals surface area contributed by atoms with E-state index in [1.807, 2.05) is 0 Å². The van der Waals surface area contributed by atoms with Gasteiger partial charge >= 0.3 is 5.69 Å². The number of hydrogen-bond donors (Lipinski definition) is 1. The van der Waals surface area contributed by atoms with E-state index >= 15 is 0 Å². The van der Waals surface area contributed by atoms with Crippen molar-refractivity contribution in [2.45, 2.75) is 19.3 Å². The van der Waals surface area contributed by atoms with Gasteiger partial charge in [-0.25, -0.2) is 4.79 Å². The Bertz CT molecular complexity index is 745. The summed E-state index contributed by atoms with van der Waals surface area (Å²) in [7, 11) is -3.54. The Morgan fingerprint density at radius 1 is 1.40 bits per heavy atom. The summed E-state index contributed by atoms with van der Waals surface area (Å²) >= 11 is 0. The van der Waals surface area contributed by atoms with Crippen LogP contribution in [-0.4, -0.2) is 36.9 Å². The molecule has 8 nitrogen and oxygen atoms in total. The number of hydrogen-bond acceptors (Lipinski definition) is 6. The smallest absolute Gasteiger partial charge is 0.330 e. The Hall–Kier alpha value is -1.71. The van der Waals surface area contributed by atoms with Gasteiger partial charge in [-0.3, -0.25) is 18.5 Å². The van der Waals surface area contributed by atoms with E-state index in [0.717, 1.165) is 6.26 Å². The zero-order valence-corrected chi connectivity index (χ0v) is 11.7. The topological polar surface area (TPSA) is 107 Å². The van der Waals surface area contributed by atoms with Crippen LogP contribution < -0.4 is 11.2 Å². The van der Waals surface area contributed by atoms with Crippen molar-refractivity contribution in [3.05, 3.63) is 44.8 Å². The second-order valence-electron chi connectivity index (χ2n) is 4.42. The van der Waals surface area contributed by atoms with E-state index in [0.29, 0.717) is 5.56 Å². The van der Waals surface area contributed by atoms with Crippen molar-refractivity contribution in [1.82, 2.24) is 9.55 Å². The summed E-state index contributed by atoms with van der Waals surface area (Å²) in [6, 6.07) is 0. The fraction of sp³-hybridized carbons (Fsp3) is 0.455. The Kier molecular flexibility index (Phi) is 3.93. The molecule has 110 valence electrons. The van der Waals surface area contributed by atoms with Crippen molar-refractivity contribution >= 4 is 10.1 Å². The molecule has 1 aliphatic heterocycles. The highest BCUT2D eigenvalue weighted by Gasteiger charge is 2.23. The molecule has 1 aromatic heterocycles. The van der Waals surface area contributed by atoms with E-state index < -0.39 is 33.7 Å². The van der Waals surface area contributed by atoms with E-state index in [1.165, 1.54) is 10.8 Å². The number of nitrogens with zero attached hydrogens (tertiary/aromatic N) is 1. The van der Waals surface area contributed by atoms with Crippen LogP contribution in [0.3, 0.4) is 0 Å². The predicted octanol–water partition coefficient (Wildman–Crippen LogP) is -0.725. The monoisotopic (exact) mass is 302 g/mol. The lowest BCUT2D eigenvalue weighted by atomic mass is 10.3. The van der Waals surface area contributed by atoms with Crippen LogP contribution >= 0.6 is 0 Å². The van der Waals surface area contributed by atoms with Crippen molar-refractivity contribution in [2.75, 3.05) is 12.9 Å². The fourth-order valence-electron chi connectivity index (χ4n) is 1.71. The highest BCUT2D eigenvalue weighted by atomic mass is 32.2. The Balaban J connectivity index is 2.11. The van der Waals surface area contributed by atoms with Crippen LogP contribution in [0.2, 0.25) is 0 Å². The predicted molar refractivity (Wildman–Crippen MR) is 69.9 cm³/mol. The highest BCUT2D eigenvalue weighted by molar-refractivity contribution is 7.85. The standard InChI is InChI=1S/C11H14N2O6S/c1-7-5-13(11(15)12-10(7)14)9-4-3-8(19-9)6-18-20(2,16)17/h3-5,8-9H,6H2,1-2H3,(H,12,14,15)/t8-,9+/m0/s1. The van der Waals surface area contributed by atoms with Gasteiger partial charge in [0.05, 0.1) is 12.9 Å². The van der Waals surface area contributed by atoms with Crippen LogP contribution in [0.15, 0.2) is 27.9 Å². The van der Waals surface area contributed by atoms with Crippen molar-refractivity contribution in [1.29, 1.82) is 0 Å². The van der Waals surface area contributed by atoms with E-state index in [4.69, 9.17) is 4.74 Å². The van der Waals surface area contributed by atoms with E-state index in [9.17, 15) is 18.0 Å². The summed E-state index contributed by atoms with van der Waals surface area (Å²) in [5.41, 5.74) is -0.678. The molecule has 0 spiro atoms. The lowest BCUT2D eigenvalue weighted by Crippen LogP contribution is -2.33. The first kappa shape index (κ1) is 14.7. The van der Waals surface area contributed by atoms with Gasteiger partial charge in [0, 0.05) is 11.8 Å². The van der Waals surface area contributed by atoms with Crippen LogP contribution in [0.25, 0.3) is 0 Å².